The molecule has 7 heavy (non-hydrogen) atoms. The maximum absolute atomic E-state index is 3.76. The average molecular weight is 127 g/mol. The van der Waals surface area contributed by atoms with Crippen LogP contribution in [-0.4, -0.2) is 0 Å². The summed E-state index contributed by atoms with van der Waals surface area (Å²) < 4.78 is 0. The van der Waals surface area contributed by atoms with Crippen molar-refractivity contribution in [1.29, 1.82) is 0 Å². The van der Waals surface area contributed by atoms with Crippen molar-refractivity contribution in [3.63, 3.8) is 0 Å². The average Bonchev–Trinajstić information content (AvgIpc) is 1.86. The minimum absolute atomic E-state index is 0. The van der Waals surface area contributed by atoms with Crippen LogP contribution in [0.25, 0.3) is 0 Å². The molecule has 1 aliphatic carbocycles. The maximum atomic E-state index is 3.76. The quantitative estimate of drug-likeness (QED) is 0.433. The number of hydrogen-bond donors (Lipinski definition) is 0. The Kier molecular flexibility index (Phi) is 3.32. The van der Waals surface area contributed by atoms with Gasteiger partial charge >= 0.3 is 0 Å². The van der Waals surface area contributed by atoms with E-state index in [0.29, 0.717) is 5.92 Å². The summed E-state index contributed by atoms with van der Waals surface area (Å²) in [5, 5.41) is 0. The molecule has 1 rings (SSSR count). The van der Waals surface area contributed by atoms with Crippen LogP contribution < -0.4 is 0 Å². The minimum atomic E-state index is 0. The molecular formula is C6H7Ti. The Morgan fingerprint density at radius 3 is 1.71 bits per heavy atom. The minimum Gasteiger partial charge on any atom is -0.0776 e. The van der Waals surface area contributed by atoms with Crippen molar-refractivity contribution in [1.82, 2.24) is 0 Å². The van der Waals surface area contributed by atoms with Crippen molar-refractivity contribution in [2.24, 2.45) is 5.92 Å². The zero-order valence-electron chi connectivity index (χ0n) is 4.09. The zero-order chi connectivity index (χ0) is 4.41. The van der Waals surface area contributed by atoms with Crippen molar-refractivity contribution in [3.8, 4) is 0 Å². The Morgan fingerprint density at radius 1 is 1.14 bits per heavy atom. The van der Waals surface area contributed by atoms with Gasteiger partial charge in [0.05, 0.1) is 0 Å². The van der Waals surface area contributed by atoms with Crippen molar-refractivity contribution < 1.29 is 21.7 Å². The van der Waals surface area contributed by atoms with E-state index in [-0.39, 0.29) is 21.7 Å². The zero-order valence-corrected chi connectivity index (χ0v) is 5.66. The monoisotopic (exact) mass is 127 g/mol. The third kappa shape index (κ3) is 2.11. The molecule has 0 atom stereocenters. The number of hydrogen-bond acceptors (Lipinski definition) is 0. The molecule has 0 fully saturated rings. The first-order chi connectivity index (χ1) is 2.89. The normalized spacial score (nSPS) is 17.3. The fraction of sp³-hybridized carbons (Fsp3) is 0.167. The van der Waals surface area contributed by atoms with E-state index < -0.39 is 0 Å². The molecule has 0 aliphatic heterocycles. The molecule has 1 heteroatoms. The Morgan fingerprint density at radius 2 is 1.57 bits per heavy atom. The van der Waals surface area contributed by atoms with Gasteiger partial charge in [-0.15, -0.1) is 0 Å². The molecule has 0 aromatic rings. The van der Waals surface area contributed by atoms with E-state index in [9.17, 15) is 0 Å². The summed E-state index contributed by atoms with van der Waals surface area (Å²) in [6.07, 6.45) is 8.13. The van der Waals surface area contributed by atoms with E-state index in [2.05, 4.69) is 19.1 Å². The van der Waals surface area contributed by atoms with Crippen LogP contribution in [0.1, 0.15) is 0 Å². The van der Waals surface area contributed by atoms with Gasteiger partial charge in [-0.25, -0.2) is 0 Å². The largest absolute Gasteiger partial charge is 0.0776 e. The van der Waals surface area contributed by atoms with Gasteiger partial charge in [-0.2, -0.15) is 0 Å². The van der Waals surface area contributed by atoms with Gasteiger partial charge in [0.15, 0.2) is 0 Å². The summed E-state index contributed by atoms with van der Waals surface area (Å²) in [4.78, 5) is 0. The SMILES string of the molecule is [CH2]C1C=CC=C1.[Ti]. The molecule has 0 amide bonds. The molecule has 0 heterocycles. The molecule has 0 aromatic heterocycles. The van der Waals surface area contributed by atoms with E-state index in [0.717, 1.165) is 0 Å². The molecule has 0 N–H and O–H groups in total. The van der Waals surface area contributed by atoms with Crippen LogP contribution in [0.4, 0.5) is 0 Å². The standard InChI is InChI=1S/C6H7.Ti/c1-6-4-2-3-5-6;/h2-6H,1H2;. The summed E-state index contributed by atoms with van der Waals surface area (Å²) in [7, 11) is 0. The number of allylic oxidation sites excluding steroid dienone is 4. The van der Waals surface area contributed by atoms with Gasteiger partial charge in [-0.1, -0.05) is 24.3 Å². The van der Waals surface area contributed by atoms with Crippen LogP contribution in [0.5, 0.6) is 0 Å². The van der Waals surface area contributed by atoms with E-state index >= 15 is 0 Å². The Labute approximate surface area is 59.2 Å². The second kappa shape index (κ2) is 3.23. The second-order valence-electron chi connectivity index (χ2n) is 1.43. The Hall–Kier alpha value is 0.194. The molecule has 0 saturated carbocycles. The van der Waals surface area contributed by atoms with Gasteiger partial charge in [0.1, 0.15) is 0 Å². The van der Waals surface area contributed by atoms with Crippen molar-refractivity contribution in [3.05, 3.63) is 31.2 Å². The predicted molar refractivity (Wildman–Crippen MR) is 27.1 cm³/mol. The van der Waals surface area contributed by atoms with Gasteiger partial charge in [0, 0.05) is 21.7 Å². The molecule has 0 aromatic carbocycles. The van der Waals surface area contributed by atoms with Crippen molar-refractivity contribution >= 4 is 0 Å². The van der Waals surface area contributed by atoms with Gasteiger partial charge in [0.25, 0.3) is 0 Å². The molecule has 0 unspecified atom stereocenters. The fourth-order valence-electron chi connectivity index (χ4n) is 0.478. The Balaban J connectivity index is 0.000000360. The van der Waals surface area contributed by atoms with Gasteiger partial charge in [0.2, 0.25) is 0 Å². The predicted octanol–water partition coefficient (Wildman–Crippen LogP) is 1.56. The first kappa shape index (κ1) is 7.19. The second-order valence-corrected chi connectivity index (χ2v) is 1.43. The fourth-order valence-corrected chi connectivity index (χ4v) is 0.478. The number of rotatable bonds is 0. The molecule has 35 valence electrons. The summed E-state index contributed by atoms with van der Waals surface area (Å²) in [6.45, 7) is 3.76. The summed E-state index contributed by atoms with van der Waals surface area (Å²) in [6, 6.07) is 0. The van der Waals surface area contributed by atoms with Crippen LogP contribution >= 0.6 is 0 Å². The first-order valence-corrected chi connectivity index (χ1v) is 2.07. The molecule has 1 radical (unpaired) electrons. The smallest absolute Gasteiger partial charge is 0 e. The van der Waals surface area contributed by atoms with Crippen LogP contribution in [0, 0.1) is 12.8 Å². The van der Waals surface area contributed by atoms with Crippen LogP contribution in [0.2, 0.25) is 0 Å². The van der Waals surface area contributed by atoms with E-state index in [1.165, 1.54) is 0 Å². The third-order valence-corrected chi connectivity index (χ3v) is 0.828. The first-order valence-electron chi connectivity index (χ1n) is 2.07. The van der Waals surface area contributed by atoms with Gasteiger partial charge < -0.3 is 0 Å². The van der Waals surface area contributed by atoms with E-state index in [4.69, 9.17) is 0 Å². The summed E-state index contributed by atoms with van der Waals surface area (Å²) >= 11 is 0. The van der Waals surface area contributed by atoms with Crippen molar-refractivity contribution in [2.45, 2.75) is 0 Å². The molecule has 0 spiro atoms. The molecule has 0 bridgehead atoms. The van der Waals surface area contributed by atoms with Crippen LogP contribution in [0.3, 0.4) is 0 Å². The third-order valence-electron chi connectivity index (χ3n) is 0.828. The van der Waals surface area contributed by atoms with Gasteiger partial charge in [-0.3, -0.25) is 0 Å². The van der Waals surface area contributed by atoms with Gasteiger partial charge in [-0.05, 0) is 12.8 Å². The molecular weight excluding hydrogens is 120 g/mol. The summed E-state index contributed by atoms with van der Waals surface area (Å²) in [5.74, 6) is 0.435. The van der Waals surface area contributed by atoms with Crippen LogP contribution in [-0.2, 0) is 21.7 Å². The maximum Gasteiger partial charge on any atom is 0 e. The summed E-state index contributed by atoms with van der Waals surface area (Å²) in [5.41, 5.74) is 0. The topological polar surface area (TPSA) is 0 Å². The Bertz CT molecular complexity index is 80.4. The van der Waals surface area contributed by atoms with E-state index in [1.54, 1.807) is 0 Å². The van der Waals surface area contributed by atoms with Crippen molar-refractivity contribution in [2.75, 3.05) is 0 Å². The molecule has 0 nitrogen and oxygen atoms in total. The molecule has 0 saturated heterocycles. The van der Waals surface area contributed by atoms with E-state index in [1.807, 2.05) is 12.2 Å². The van der Waals surface area contributed by atoms with Crippen LogP contribution in [0.15, 0.2) is 24.3 Å². The molecule has 1 aliphatic rings.